The number of nitrogens with one attached hydrogen (secondary N) is 2. The van der Waals surface area contributed by atoms with E-state index >= 15 is 0 Å². The lowest BCUT2D eigenvalue weighted by atomic mass is 10.1. The highest BCUT2D eigenvalue weighted by atomic mass is 16.7. The molecule has 2 aliphatic rings. The smallest absolute Gasteiger partial charge is 0.234 e. The molecule has 2 aromatic carbocycles. The van der Waals surface area contributed by atoms with Gasteiger partial charge in [-0.15, -0.1) is 5.48 Å². The molecule has 4 N–H and O–H groups in total. The summed E-state index contributed by atoms with van der Waals surface area (Å²) in [5.41, 5.74) is 9.72. The molecule has 0 aliphatic carbocycles. The van der Waals surface area contributed by atoms with Gasteiger partial charge in [0, 0.05) is 6.54 Å². The average molecular weight is 381 g/mol. The van der Waals surface area contributed by atoms with Crippen molar-refractivity contribution in [2.45, 2.75) is 44.8 Å². The standard InChI is InChI=1S/C21H27N5O2/c1-2-3-11-27-17-9-8-14-12-16(7-6-15(14)13-17)19-24-20(28-25-19)18-5-4-10-26(18)21(22)23/h6-9,12-13,18-19,25H,2-5,10-11H2,1H3,(H3,22,23)/t18-,19?/m0/s1. The van der Waals surface area contributed by atoms with Gasteiger partial charge in [-0.25, -0.2) is 4.99 Å². The lowest BCUT2D eigenvalue weighted by Gasteiger charge is -2.23. The molecule has 7 heteroatoms. The summed E-state index contributed by atoms with van der Waals surface area (Å²) >= 11 is 0. The van der Waals surface area contributed by atoms with E-state index in [0.29, 0.717) is 5.90 Å². The van der Waals surface area contributed by atoms with Gasteiger partial charge in [-0.05, 0) is 53.8 Å². The molecule has 7 nitrogen and oxygen atoms in total. The van der Waals surface area contributed by atoms with Gasteiger partial charge in [0.25, 0.3) is 0 Å². The lowest BCUT2D eigenvalue weighted by molar-refractivity contribution is 0.166. The summed E-state index contributed by atoms with van der Waals surface area (Å²) in [6.07, 6.45) is 3.81. The maximum Gasteiger partial charge on any atom is 0.234 e. The molecule has 0 radical (unpaired) electrons. The molecule has 1 unspecified atom stereocenters. The highest BCUT2D eigenvalue weighted by Gasteiger charge is 2.35. The molecule has 1 fully saturated rings. The number of fused-ring (bicyclic) bond motifs is 1. The van der Waals surface area contributed by atoms with Crippen molar-refractivity contribution in [1.29, 1.82) is 5.41 Å². The first kappa shape index (κ1) is 18.6. The van der Waals surface area contributed by atoms with Crippen LogP contribution in [0.2, 0.25) is 0 Å². The molecule has 0 amide bonds. The van der Waals surface area contributed by atoms with Crippen LogP contribution in [0.4, 0.5) is 0 Å². The Morgan fingerprint density at radius 3 is 2.96 bits per heavy atom. The molecule has 2 heterocycles. The van der Waals surface area contributed by atoms with Crippen LogP contribution in [0.3, 0.4) is 0 Å². The minimum absolute atomic E-state index is 0.0571. The molecule has 0 bridgehead atoms. The largest absolute Gasteiger partial charge is 0.494 e. The van der Waals surface area contributed by atoms with Crippen molar-refractivity contribution in [3.63, 3.8) is 0 Å². The van der Waals surface area contributed by atoms with Crippen LogP contribution >= 0.6 is 0 Å². The number of likely N-dealkylation sites (tertiary alicyclic amines) is 1. The number of benzene rings is 2. The quantitative estimate of drug-likeness (QED) is 0.405. The SMILES string of the molecule is CCCCOc1ccc2cc(C3N=C([C@@H]4CCCN4C(=N)N)ON3)ccc2c1. The minimum atomic E-state index is -0.255. The van der Waals surface area contributed by atoms with Crippen LogP contribution in [0.1, 0.15) is 44.3 Å². The third-order valence-corrected chi connectivity index (χ3v) is 5.30. The van der Waals surface area contributed by atoms with E-state index < -0.39 is 0 Å². The second-order valence-corrected chi connectivity index (χ2v) is 7.30. The molecular formula is C21H27N5O2. The summed E-state index contributed by atoms with van der Waals surface area (Å²) in [6, 6.07) is 12.4. The normalized spacial score (nSPS) is 21.6. The van der Waals surface area contributed by atoms with E-state index in [9.17, 15) is 0 Å². The monoisotopic (exact) mass is 381 g/mol. The fraction of sp³-hybridized carbons (Fsp3) is 0.429. The zero-order valence-electron chi connectivity index (χ0n) is 16.1. The van der Waals surface area contributed by atoms with Crippen LogP contribution in [0.25, 0.3) is 10.8 Å². The molecule has 0 saturated carbocycles. The van der Waals surface area contributed by atoms with Crippen LogP contribution in [-0.4, -0.2) is 36.0 Å². The van der Waals surface area contributed by atoms with Gasteiger partial charge >= 0.3 is 0 Å². The molecule has 2 atom stereocenters. The van der Waals surface area contributed by atoms with Crippen LogP contribution < -0.4 is 16.0 Å². The number of ether oxygens (including phenoxy) is 1. The van der Waals surface area contributed by atoms with E-state index in [4.69, 9.17) is 25.7 Å². The van der Waals surface area contributed by atoms with Crippen molar-refractivity contribution in [3.05, 3.63) is 42.0 Å². The molecule has 0 spiro atoms. The fourth-order valence-corrected chi connectivity index (χ4v) is 3.74. The Morgan fingerprint density at radius 2 is 2.14 bits per heavy atom. The highest BCUT2D eigenvalue weighted by molar-refractivity contribution is 5.89. The number of hydrogen-bond donors (Lipinski definition) is 3. The van der Waals surface area contributed by atoms with Crippen molar-refractivity contribution in [2.24, 2.45) is 10.7 Å². The Morgan fingerprint density at radius 1 is 1.32 bits per heavy atom. The Labute approximate surface area is 165 Å². The zero-order valence-corrected chi connectivity index (χ0v) is 16.1. The van der Waals surface area contributed by atoms with Gasteiger partial charge in [0.2, 0.25) is 5.90 Å². The predicted molar refractivity (Wildman–Crippen MR) is 110 cm³/mol. The van der Waals surface area contributed by atoms with Crippen molar-refractivity contribution >= 4 is 22.6 Å². The van der Waals surface area contributed by atoms with E-state index in [1.807, 2.05) is 11.0 Å². The Bertz CT molecular complexity index is 897. The van der Waals surface area contributed by atoms with Crippen molar-refractivity contribution < 1.29 is 9.57 Å². The number of nitrogens with two attached hydrogens (primary N) is 1. The van der Waals surface area contributed by atoms with Gasteiger partial charge < -0.3 is 20.2 Å². The van der Waals surface area contributed by atoms with E-state index in [2.05, 4.69) is 42.7 Å². The molecule has 148 valence electrons. The number of hydroxylamine groups is 1. The molecule has 2 aromatic rings. The molecule has 28 heavy (non-hydrogen) atoms. The number of rotatable bonds is 6. The van der Waals surface area contributed by atoms with Crippen LogP contribution in [0.15, 0.2) is 41.4 Å². The fourth-order valence-electron chi connectivity index (χ4n) is 3.74. The Kier molecular flexibility index (Phi) is 5.34. The lowest BCUT2D eigenvalue weighted by Crippen LogP contribution is -2.44. The van der Waals surface area contributed by atoms with Crippen LogP contribution in [0, 0.1) is 5.41 Å². The number of aliphatic imine (C=N–C) groups is 1. The summed E-state index contributed by atoms with van der Waals surface area (Å²) in [5.74, 6) is 1.58. The van der Waals surface area contributed by atoms with Gasteiger partial charge in [0.05, 0.1) is 6.61 Å². The number of unbranched alkanes of at least 4 members (excludes halogenated alkanes) is 1. The molecule has 0 aromatic heterocycles. The molecule has 2 aliphatic heterocycles. The van der Waals surface area contributed by atoms with Crippen LogP contribution in [-0.2, 0) is 4.84 Å². The third-order valence-electron chi connectivity index (χ3n) is 5.30. The Balaban J connectivity index is 1.50. The number of guanidine groups is 1. The van der Waals surface area contributed by atoms with Crippen molar-refractivity contribution in [2.75, 3.05) is 13.2 Å². The van der Waals surface area contributed by atoms with Crippen molar-refractivity contribution in [3.8, 4) is 5.75 Å². The maximum absolute atomic E-state index is 7.72. The number of hydrogen-bond acceptors (Lipinski definition) is 5. The van der Waals surface area contributed by atoms with Gasteiger partial charge in [-0.3, -0.25) is 5.41 Å². The number of nitrogens with zero attached hydrogens (tertiary/aromatic N) is 2. The first-order chi connectivity index (χ1) is 13.7. The first-order valence-electron chi connectivity index (χ1n) is 9.93. The molecular weight excluding hydrogens is 354 g/mol. The van der Waals surface area contributed by atoms with E-state index in [1.54, 1.807) is 0 Å². The van der Waals surface area contributed by atoms with Crippen LogP contribution in [0.5, 0.6) is 5.75 Å². The van der Waals surface area contributed by atoms with Gasteiger partial charge in [-0.1, -0.05) is 31.5 Å². The van der Waals surface area contributed by atoms with E-state index in [1.165, 1.54) is 0 Å². The van der Waals surface area contributed by atoms with Gasteiger partial charge in [0.15, 0.2) is 12.1 Å². The van der Waals surface area contributed by atoms with E-state index in [-0.39, 0.29) is 18.2 Å². The molecule has 1 saturated heterocycles. The first-order valence-corrected chi connectivity index (χ1v) is 9.93. The van der Waals surface area contributed by atoms with Gasteiger partial charge in [-0.2, -0.15) is 0 Å². The summed E-state index contributed by atoms with van der Waals surface area (Å²) < 4.78 is 5.80. The summed E-state index contributed by atoms with van der Waals surface area (Å²) in [6.45, 7) is 3.68. The maximum atomic E-state index is 7.72. The third kappa shape index (κ3) is 3.75. The second kappa shape index (κ2) is 8.06. The second-order valence-electron chi connectivity index (χ2n) is 7.30. The minimum Gasteiger partial charge on any atom is -0.494 e. The topological polar surface area (TPSA) is 96.0 Å². The summed E-state index contributed by atoms with van der Waals surface area (Å²) in [7, 11) is 0. The van der Waals surface area contributed by atoms with Gasteiger partial charge in [0.1, 0.15) is 11.8 Å². The predicted octanol–water partition coefficient (Wildman–Crippen LogP) is 3.31. The average Bonchev–Trinajstić information content (AvgIpc) is 3.37. The highest BCUT2D eigenvalue weighted by Crippen LogP contribution is 2.29. The summed E-state index contributed by atoms with van der Waals surface area (Å²) in [4.78, 5) is 12.2. The zero-order chi connectivity index (χ0) is 19.5. The van der Waals surface area contributed by atoms with Crippen molar-refractivity contribution in [1.82, 2.24) is 10.4 Å². The summed E-state index contributed by atoms with van der Waals surface area (Å²) in [5, 5.41) is 10.00. The Hall–Kier alpha value is -2.80. The van der Waals surface area contributed by atoms with E-state index in [0.717, 1.165) is 60.9 Å². The molecule has 4 rings (SSSR count).